The Morgan fingerprint density at radius 3 is 2.71 bits per heavy atom. The van der Waals surface area contributed by atoms with E-state index in [0.717, 1.165) is 42.9 Å². The molecule has 0 amide bonds. The van der Waals surface area contributed by atoms with E-state index in [0.29, 0.717) is 6.54 Å². The fourth-order valence-corrected chi connectivity index (χ4v) is 4.19. The van der Waals surface area contributed by atoms with Crippen LogP contribution in [-0.4, -0.2) is 26.6 Å². The number of hydrogen-bond donors (Lipinski definition) is 2. The molecule has 3 rings (SSSR count). The summed E-state index contributed by atoms with van der Waals surface area (Å²) in [5.41, 5.74) is 1.78. The second-order valence-corrected chi connectivity index (χ2v) is 7.59. The SMILES string of the molecule is Cc1cn2c(CNCC3(O)CCCCCC3)c(C)nc2s1. The molecule has 2 heterocycles. The van der Waals surface area contributed by atoms with E-state index in [4.69, 9.17) is 0 Å². The minimum Gasteiger partial charge on any atom is -0.389 e. The number of aromatic nitrogens is 2. The highest BCUT2D eigenvalue weighted by molar-refractivity contribution is 7.17. The molecule has 0 aromatic carbocycles. The number of aliphatic hydroxyl groups is 1. The summed E-state index contributed by atoms with van der Waals surface area (Å²) in [5.74, 6) is 0. The lowest BCUT2D eigenvalue weighted by atomic mass is 9.94. The lowest BCUT2D eigenvalue weighted by molar-refractivity contribution is 0.0249. The summed E-state index contributed by atoms with van der Waals surface area (Å²) >= 11 is 1.73. The molecule has 1 saturated carbocycles. The van der Waals surface area contributed by atoms with E-state index in [2.05, 4.69) is 34.7 Å². The first-order valence-electron chi connectivity index (χ1n) is 7.94. The van der Waals surface area contributed by atoms with E-state index in [1.165, 1.54) is 23.4 Å². The summed E-state index contributed by atoms with van der Waals surface area (Å²) in [6.45, 7) is 5.63. The molecular formula is C16H25N3OS. The number of fused-ring (bicyclic) bond motifs is 1. The van der Waals surface area contributed by atoms with Crippen LogP contribution in [0.15, 0.2) is 6.20 Å². The van der Waals surface area contributed by atoms with Crippen LogP contribution in [0.2, 0.25) is 0 Å². The van der Waals surface area contributed by atoms with Crippen molar-refractivity contribution in [2.75, 3.05) is 6.54 Å². The van der Waals surface area contributed by atoms with Crippen LogP contribution in [0.5, 0.6) is 0 Å². The van der Waals surface area contributed by atoms with Crippen molar-refractivity contribution in [3.63, 3.8) is 0 Å². The average Bonchev–Trinajstić information content (AvgIpc) is 2.80. The predicted molar refractivity (Wildman–Crippen MR) is 86.9 cm³/mol. The molecule has 0 atom stereocenters. The number of rotatable bonds is 4. The summed E-state index contributed by atoms with van der Waals surface area (Å²) in [6.07, 6.45) is 8.83. The summed E-state index contributed by atoms with van der Waals surface area (Å²) < 4.78 is 2.18. The monoisotopic (exact) mass is 307 g/mol. The Labute approximate surface area is 130 Å². The van der Waals surface area contributed by atoms with Crippen molar-refractivity contribution in [3.05, 3.63) is 22.5 Å². The minimum absolute atomic E-state index is 0.515. The van der Waals surface area contributed by atoms with E-state index in [1.807, 2.05) is 0 Å². The molecule has 116 valence electrons. The Morgan fingerprint density at radius 1 is 1.29 bits per heavy atom. The van der Waals surface area contributed by atoms with Crippen LogP contribution in [0.4, 0.5) is 0 Å². The molecule has 0 spiro atoms. The van der Waals surface area contributed by atoms with E-state index >= 15 is 0 Å². The molecule has 0 unspecified atom stereocenters. The molecule has 1 fully saturated rings. The number of thiazole rings is 1. The van der Waals surface area contributed by atoms with Gasteiger partial charge in [0.2, 0.25) is 0 Å². The summed E-state index contributed by atoms with van der Waals surface area (Å²) in [5, 5.41) is 14.1. The molecule has 0 saturated heterocycles. The van der Waals surface area contributed by atoms with Crippen molar-refractivity contribution < 1.29 is 5.11 Å². The number of imidazole rings is 1. The van der Waals surface area contributed by atoms with Crippen LogP contribution in [0.25, 0.3) is 4.96 Å². The van der Waals surface area contributed by atoms with E-state index in [-0.39, 0.29) is 0 Å². The van der Waals surface area contributed by atoms with Crippen molar-refractivity contribution in [3.8, 4) is 0 Å². The maximum Gasteiger partial charge on any atom is 0.194 e. The third-order valence-electron chi connectivity index (χ3n) is 4.52. The zero-order chi connectivity index (χ0) is 14.9. The summed E-state index contributed by atoms with van der Waals surface area (Å²) in [6, 6.07) is 0. The molecule has 2 N–H and O–H groups in total. The molecule has 0 radical (unpaired) electrons. The molecule has 0 aliphatic heterocycles. The Bertz CT molecular complexity index is 608. The third kappa shape index (κ3) is 3.30. The van der Waals surface area contributed by atoms with Crippen molar-refractivity contribution in [1.29, 1.82) is 0 Å². The third-order valence-corrected chi connectivity index (χ3v) is 5.42. The first kappa shape index (κ1) is 15.0. The maximum atomic E-state index is 10.7. The zero-order valence-corrected chi connectivity index (χ0v) is 13.8. The number of nitrogens with one attached hydrogen (secondary N) is 1. The van der Waals surface area contributed by atoms with Gasteiger partial charge in [-0.3, -0.25) is 4.40 Å². The van der Waals surface area contributed by atoms with Gasteiger partial charge >= 0.3 is 0 Å². The van der Waals surface area contributed by atoms with E-state index in [9.17, 15) is 5.11 Å². The molecule has 5 heteroatoms. The Kier molecular flexibility index (Phi) is 4.33. The molecule has 21 heavy (non-hydrogen) atoms. The van der Waals surface area contributed by atoms with Gasteiger partial charge in [0.1, 0.15) is 0 Å². The van der Waals surface area contributed by atoms with Crippen LogP contribution < -0.4 is 5.32 Å². The fraction of sp³-hybridized carbons (Fsp3) is 0.688. The van der Waals surface area contributed by atoms with Gasteiger partial charge in [0.15, 0.2) is 4.96 Å². The van der Waals surface area contributed by atoms with Gasteiger partial charge in [-0.15, -0.1) is 11.3 Å². The second kappa shape index (κ2) is 6.07. The molecule has 0 bridgehead atoms. The van der Waals surface area contributed by atoms with Gasteiger partial charge in [-0.2, -0.15) is 0 Å². The number of hydrogen-bond acceptors (Lipinski definition) is 4. The van der Waals surface area contributed by atoms with Gasteiger partial charge in [0.25, 0.3) is 0 Å². The smallest absolute Gasteiger partial charge is 0.194 e. The van der Waals surface area contributed by atoms with Gasteiger partial charge < -0.3 is 10.4 Å². The lowest BCUT2D eigenvalue weighted by Crippen LogP contribution is -2.40. The van der Waals surface area contributed by atoms with Crippen LogP contribution in [-0.2, 0) is 6.54 Å². The highest BCUT2D eigenvalue weighted by Crippen LogP contribution is 2.26. The largest absolute Gasteiger partial charge is 0.389 e. The first-order chi connectivity index (χ1) is 10.1. The van der Waals surface area contributed by atoms with Gasteiger partial charge in [0, 0.05) is 24.2 Å². The van der Waals surface area contributed by atoms with Crippen LogP contribution in [0.3, 0.4) is 0 Å². The number of nitrogens with zero attached hydrogens (tertiary/aromatic N) is 2. The van der Waals surface area contributed by atoms with Gasteiger partial charge in [-0.1, -0.05) is 25.7 Å². The second-order valence-electron chi connectivity index (χ2n) is 6.38. The predicted octanol–water partition coefficient (Wildman–Crippen LogP) is 3.19. The molecular weight excluding hydrogens is 282 g/mol. The van der Waals surface area contributed by atoms with Gasteiger partial charge in [0.05, 0.1) is 17.0 Å². The van der Waals surface area contributed by atoms with E-state index < -0.39 is 5.60 Å². The summed E-state index contributed by atoms with van der Waals surface area (Å²) in [7, 11) is 0. The van der Waals surface area contributed by atoms with Crippen molar-refractivity contribution >= 4 is 16.3 Å². The Balaban J connectivity index is 1.64. The van der Waals surface area contributed by atoms with E-state index in [1.54, 1.807) is 11.3 Å². The normalized spacial score (nSPS) is 19.0. The lowest BCUT2D eigenvalue weighted by Gasteiger charge is -2.27. The maximum absolute atomic E-state index is 10.7. The molecule has 2 aromatic rings. The van der Waals surface area contributed by atoms with Crippen LogP contribution in [0.1, 0.15) is 54.8 Å². The van der Waals surface area contributed by atoms with Crippen molar-refractivity contribution in [2.24, 2.45) is 0 Å². The highest BCUT2D eigenvalue weighted by Gasteiger charge is 2.27. The quantitative estimate of drug-likeness (QED) is 0.853. The topological polar surface area (TPSA) is 49.6 Å². The zero-order valence-electron chi connectivity index (χ0n) is 13.0. The van der Waals surface area contributed by atoms with Crippen LogP contribution >= 0.6 is 11.3 Å². The molecule has 2 aromatic heterocycles. The standard InChI is InChI=1S/C16H25N3OS/c1-12-10-19-14(13(2)18-15(19)21-12)9-17-11-16(20)7-5-3-4-6-8-16/h10,17,20H,3-9,11H2,1-2H3. The minimum atomic E-state index is -0.515. The molecule has 1 aliphatic rings. The van der Waals surface area contributed by atoms with Crippen LogP contribution in [0, 0.1) is 13.8 Å². The average molecular weight is 307 g/mol. The van der Waals surface area contributed by atoms with Gasteiger partial charge in [-0.25, -0.2) is 4.98 Å². The first-order valence-corrected chi connectivity index (χ1v) is 8.76. The highest BCUT2D eigenvalue weighted by atomic mass is 32.1. The molecule has 4 nitrogen and oxygen atoms in total. The summed E-state index contributed by atoms with van der Waals surface area (Å²) in [4.78, 5) is 6.95. The van der Waals surface area contributed by atoms with Crippen molar-refractivity contribution in [2.45, 2.75) is 64.5 Å². The fourth-order valence-electron chi connectivity index (χ4n) is 3.30. The Morgan fingerprint density at radius 2 is 2.00 bits per heavy atom. The van der Waals surface area contributed by atoms with Gasteiger partial charge in [-0.05, 0) is 26.7 Å². The Hall–Kier alpha value is -0.910. The molecule has 1 aliphatic carbocycles. The van der Waals surface area contributed by atoms with Crippen molar-refractivity contribution in [1.82, 2.24) is 14.7 Å². The number of aryl methyl sites for hydroxylation is 2.